The highest BCUT2D eigenvalue weighted by molar-refractivity contribution is 5.90. The summed E-state index contributed by atoms with van der Waals surface area (Å²) >= 11 is 0. The number of carbonyl (C=O) groups is 1. The number of fused-ring (bicyclic) bond motifs is 1. The van der Waals surface area contributed by atoms with Crippen molar-refractivity contribution in [2.24, 2.45) is 5.92 Å². The number of anilines is 1. The van der Waals surface area contributed by atoms with Gasteiger partial charge < -0.3 is 5.32 Å². The van der Waals surface area contributed by atoms with Crippen LogP contribution in [0.2, 0.25) is 0 Å². The lowest BCUT2D eigenvalue weighted by Crippen LogP contribution is -2.20. The summed E-state index contributed by atoms with van der Waals surface area (Å²) < 4.78 is 3.09. The van der Waals surface area contributed by atoms with Crippen molar-refractivity contribution in [2.75, 3.05) is 5.32 Å². The predicted molar refractivity (Wildman–Crippen MR) is 121 cm³/mol. The van der Waals surface area contributed by atoms with Gasteiger partial charge in [0.05, 0.1) is 17.6 Å². The van der Waals surface area contributed by atoms with Crippen molar-refractivity contribution in [3.05, 3.63) is 58.1 Å². The van der Waals surface area contributed by atoms with Gasteiger partial charge in [0.2, 0.25) is 11.9 Å². The molecule has 1 aromatic carbocycles. The molecule has 0 aliphatic heterocycles. The van der Waals surface area contributed by atoms with Crippen LogP contribution in [0.25, 0.3) is 22.7 Å². The van der Waals surface area contributed by atoms with Crippen LogP contribution in [0.15, 0.2) is 41.3 Å². The van der Waals surface area contributed by atoms with Gasteiger partial charge in [-0.1, -0.05) is 30.5 Å². The van der Waals surface area contributed by atoms with Crippen molar-refractivity contribution < 1.29 is 4.79 Å². The van der Waals surface area contributed by atoms with Crippen LogP contribution in [0.1, 0.15) is 43.4 Å². The molecule has 5 rings (SSSR count). The van der Waals surface area contributed by atoms with E-state index in [0.29, 0.717) is 34.9 Å². The molecule has 2 N–H and O–H groups in total. The SMILES string of the molecule is Cc1ccc(-n2ncc3c(=O)[nH]c(-n4nc(C)cc4NC(=O)CC4CCCC4)nc32)cc1. The van der Waals surface area contributed by atoms with E-state index in [2.05, 4.69) is 25.5 Å². The van der Waals surface area contributed by atoms with E-state index in [-0.39, 0.29) is 17.4 Å². The van der Waals surface area contributed by atoms with Crippen molar-refractivity contribution >= 4 is 22.8 Å². The molecule has 1 saturated carbocycles. The summed E-state index contributed by atoms with van der Waals surface area (Å²) in [6.07, 6.45) is 6.57. The van der Waals surface area contributed by atoms with Crippen LogP contribution in [0, 0.1) is 19.8 Å². The summed E-state index contributed by atoms with van der Waals surface area (Å²) in [6.45, 7) is 3.84. The molecule has 1 aliphatic carbocycles. The van der Waals surface area contributed by atoms with Gasteiger partial charge in [-0.25, -0.2) is 4.68 Å². The van der Waals surface area contributed by atoms with Gasteiger partial charge in [-0.15, -0.1) is 0 Å². The van der Waals surface area contributed by atoms with Gasteiger partial charge in [-0.3, -0.25) is 14.6 Å². The molecule has 1 aliphatic rings. The Hall–Kier alpha value is -3.75. The Labute approximate surface area is 184 Å². The average Bonchev–Trinajstić information content (AvgIpc) is 3.49. The lowest BCUT2D eigenvalue weighted by atomic mass is 10.0. The van der Waals surface area contributed by atoms with E-state index in [9.17, 15) is 9.59 Å². The first-order chi connectivity index (χ1) is 15.5. The fourth-order valence-corrected chi connectivity index (χ4v) is 4.30. The number of aromatic amines is 1. The van der Waals surface area contributed by atoms with Gasteiger partial charge in [-0.05, 0) is 44.7 Å². The Morgan fingerprint density at radius 3 is 2.66 bits per heavy atom. The molecule has 32 heavy (non-hydrogen) atoms. The van der Waals surface area contributed by atoms with Crippen LogP contribution >= 0.6 is 0 Å². The molecule has 0 atom stereocenters. The number of benzene rings is 1. The largest absolute Gasteiger partial charge is 0.310 e. The average molecular weight is 432 g/mol. The van der Waals surface area contributed by atoms with E-state index in [4.69, 9.17) is 0 Å². The number of aryl methyl sites for hydroxylation is 2. The molecule has 1 fully saturated rings. The van der Waals surface area contributed by atoms with Crippen LogP contribution in [0.5, 0.6) is 0 Å². The Morgan fingerprint density at radius 2 is 1.91 bits per heavy atom. The molecule has 0 unspecified atom stereocenters. The minimum Gasteiger partial charge on any atom is -0.310 e. The molecule has 3 heterocycles. The smallest absolute Gasteiger partial charge is 0.263 e. The Bertz CT molecular complexity index is 1340. The number of hydrogen-bond acceptors (Lipinski definition) is 5. The number of H-pyrrole nitrogens is 1. The molecule has 1 amide bonds. The topological polar surface area (TPSA) is 110 Å². The van der Waals surface area contributed by atoms with E-state index in [1.807, 2.05) is 38.1 Å². The number of rotatable bonds is 5. The van der Waals surface area contributed by atoms with Crippen molar-refractivity contribution in [1.29, 1.82) is 0 Å². The standard InChI is InChI=1S/C23H25N7O2/c1-14-7-9-17(10-8-14)29-21-18(13-24-29)22(32)27-23(26-21)30-19(11-15(2)28-30)25-20(31)12-16-5-3-4-6-16/h7-11,13,16H,3-6,12H2,1-2H3,(H,25,31)(H,26,27,32). The molecule has 9 heteroatoms. The quantitative estimate of drug-likeness (QED) is 0.503. The monoisotopic (exact) mass is 431 g/mol. The summed E-state index contributed by atoms with van der Waals surface area (Å²) in [5.74, 6) is 1.09. The minimum absolute atomic E-state index is 0.0498. The molecule has 0 spiro atoms. The van der Waals surface area contributed by atoms with E-state index in [0.717, 1.165) is 24.1 Å². The highest BCUT2D eigenvalue weighted by Crippen LogP contribution is 2.28. The minimum atomic E-state index is -0.320. The summed E-state index contributed by atoms with van der Waals surface area (Å²) in [4.78, 5) is 32.8. The first-order valence-electron chi connectivity index (χ1n) is 10.9. The van der Waals surface area contributed by atoms with Gasteiger partial charge in [0.15, 0.2) is 5.65 Å². The Morgan fingerprint density at radius 1 is 1.16 bits per heavy atom. The molecular weight excluding hydrogens is 406 g/mol. The van der Waals surface area contributed by atoms with Gasteiger partial charge in [0.1, 0.15) is 11.2 Å². The van der Waals surface area contributed by atoms with Crippen LogP contribution < -0.4 is 10.9 Å². The van der Waals surface area contributed by atoms with Crippen LogP contribution in [-0.4, -0.2) is 35.4 Å². The maximum Gasteiger partial charge on any atom is 0.263 e. The van der Waals surface area contributed by atoms with Crippen LogP contribution in [0.3, 0.4) is 0 Å². The number of nitrogens with one attached hydrogen (secondary N) is 2. The third-order valence-corrected chi connectivity index (χ3v) is 5.95. The second-order valence-electron chi connectivity index (χ2n) is 8.50. The van der Waals surface area contributed by atoms with Gasteiger partial charge >= 0.3 is 0 Å². The molecule has 9 nitrogen and oxygen atoms in total. The first kappa shape index (κ1) is 20.2. The van der Waals surface area contributed by atoms with Crippen molar-refractivity contribution in [2.45, 2.75) is 46.0 Å². The van der Waals surface area contributed by atoms with Gasteiger partial charge in [0, 0.05) is 12.5 Å². The number of hydrogen-bond donors (Lipinski definition) is 2. The summed E-state index contributed by atoms with van der Waals surface area (Å²) in [5.41, 5.74) is 2.73. The summed E-state index contributed by atoms with van der Waals surface area (Å²) in [7, 11) is 0. The first-order valence-corrected chi connectivity index (χ1v) is 10.9. The van der Waals surface area contributed by atoms with Crippen molar-refractivity contribution in [3.63, 3.8) is 0 Å². The highest BCUT2D eigenvalue weighted by atomic mass is 16.1. The fourth-order valence-electron chi connectivity index (χ4n) is 4.30. The Kier molecular flexibility index (Phi) is 5.08. The van der Waals surface area contributed by atoms with E-state index < -0.39 is 0 Å². The van der Waals surface area contributed by atoms with Crippen LogP contribution in [0.4, 0.5) is 5.82 Å². The molecule has 0 bridgehead atoms. The number of amides is 1. The molecule has 0 radical (unpaired) electrons. The van der Waals surface area contributed by atoms with E-state index >= 15 is 0 Å². The van der Waals surface area contributed by atoms with Crippen molar-refractivity contribution in [1.82, 2.24) is 29.5 Å². The molecular formula is C23H25N7O2. The maximum absolute atomic E-state index is 12.8. The second kappa shape index (κ2) is 8.07. The molecule has 4 aromatic rings. The normalized spacial score (nSPS) is 14.3. The highest BCUT2D eigenvalue weighted by Gasteiger charge is 2.21. The molecule has 0 saturated heterocycles. The third-order valence-electron chi connectivity index (χ3n) is 5.95. The number of aromatic nitrogens is 6. The number of nitrogens with zero attached hydrogens (tertiary/aromatic N) is 5. The van der Waals surface area contributed by atoms with Crippen LogP contribution in [-0.2, 0) is 4.79 Å². The Balaban J connectivity index is 1.52. The molecule has 164 valence electrons. The van der Waals surface area contributed by atoms with Gasteiger partial charge in [-0.2, -0.15) is 19.9 Å². The zero-order chi connectivity index (χ0) is 22.2. The summed E-state index contributed by atoms with van der Waals surface area (Å²) in [5, 5.41) is 12.1. The van der Waals surface area contributed by atoms with Crippen molar-refractivity contribution in [3.8, 4) is 11.6 Å². The third kappa shape index (κ3) is 3.81. The fraction of sp³-hybridized carbons (Fsp3) is 0.348. The predicted octanol–water partition coefficient (Wildman–Crippen LogP) is 3.43. The zero-order valence-corrected chi connectivity index (χ0v) is 18.1. The summed E-state index contributed by atoms with van der Waals surface area (Å²) in [6, 6.07) is 9.58. The maximum atomic E-state index is 12.8. The lowest BCUT2D eigenvalue weighted by molar-refractivity contribution is -0.117. The van der Waals surface area contributed by atoms with E-state index in [1.165, 1.54) is 23.7 Å². The lowest BCUT2D eigenvalue weighted by Gasteiger charge is -2.11. The van der Waals surface area contributed by atoms with Gasteiger partial charge in [0.25, 0.3) is 5.56 Å². The zero-order valence-electron chi connectivity index (χ0n) is 18.1. The molecule has 3 aromatic heterocycles. The van der Waals surface area contributed by atoms with E-state index in [1.54, 1.807) is 10.7 Å². The second-order valence-corrected chi connectivity index (χ2v) is 8.50. The number of carbonyl (C=O) groups excluding carboxylic acids is 1.